The third kappa shape index (κ3) is 6.05. The maximum absolute atomic E-state index is 12.9. The number of nitrogens with zero attached hydrogens (tertiary/aromatic N) is 2. The van der Waals surface area contributed by atoms with Crippen LogP contribution in [0.3, 0.4) is 0 Å². The topological polar surface area (TPSA) is 117 Å². The zero-order valence-electron chi connectivity index (χ0n) is 22.1. The van der Waals surface area contributed by atoms with E-state index in [-0.39, 0.29) is 31.2 Å². The summed E-state index contributed by atoms with van der Waals surface area (Å²) in [4.78, 5) is 34.2. The summed E-state index contributed by atoms with van der Waals surface area (Å²) in [5.74, 6) is 0.349. The molecule has 2 amide bonds. The van der Waals surface area contributed by atoms with E-state index in [9.17, 15) is 14.7 Å². The number of fused-ring (bicyclic) bond motifs is 3. The van der Waals surface area contributed by atoms with Crippen LogP contribution in [0.15, 0.2) is 67.0 Å². The van der Waals surface area contributed by atoms with Crippen LogP contribution in [0.5, 0.6) is 5.75 Å². The maximum atomic E-state index is 12.9. The van der Waals surface area contributed by atoms with Gasteiger partial charge in [-0.2, -0.15) is 0 Å². The molecule has 0 aliphatic carbocycles. The number of aliphatic hydroxyl groups excluding tert-OH is 1. The predicted octanol–water partition coefficient (Wildman–Crippen LogP) is 4.88. The molecule has 5 rings (SSSR count). The van der Waals surface area contributed by atoms with Gasteiger partial charge in [-0.15, -0.1) is 0 Å². The number of carbonyl (C=O) groups excluding carboxylic acids is 2. The number of aromatic nitrogens is 2. The lowest BCUT2D eigenvalue weighted by molar-refractivity contribution is 0.0893. The van der Waals surface area contributed by atoms with Gasteiger partial charge < -0.3 is 24.9 Å². The summed E-state index contributed by atoms with van der Waals surface area (Å²) in [5.41, 5.74) is 4.42. The van der Waals surface area contributed by atoms with Crippen LogP contribution in [-0.4, -0.2) is 64.4 Å². The van der Waals surface area contributed by atoms with Gasteiger partial charge in [0, 0.05) is 53.5 Å². The monoisotopic (exact) mass is 562 g/mol. The van der Waals surface area contributed by atoms with Crippen molar-refractivity contribution in [3.8, 4) is 5.75 Å². The molecule has 0 saturated carbocycles. The smallest absolute Gasteiger partial charge is 0.410 e. The fourth-order valence-electron chi connectivity index (χ4n) is 4.98. The van der Waals surface area contributed by atoms with Crippen LogP contribution in [0.2, 0.25) is 5.02 Å². The van der Waals surface area contributed by atoms with E-state index in [1.54, 1.807) is 30.2 Å². The predicted molar refractivity (Wildman–Crippen MR) is 152 cm³/mol. The number of aromatic amines is 1. The molecule has 208 valence electrons. The molecule has 2 aromatic heterocycles. The van der Waals surface area contributed by atoms with Gasteiger partial charge in [-0.05, 0) is 66.9 Å². The van der Waals surface area contributed by atoms with Crippen molar-refractivity contribution < 1.29 is 24.2 Å². The Bertz CT molecular complexity index is 1470. The third-order valence-corrected chi connectivity index (χ3v) is 7.16. The Kier molecular flexibility index (Phi) is 8.52. The van der Waals surface area contributed by atoms with Crippen LogP contribution in [0, 0.1) is 0 Å². The van der Waals surface area contributed by atoms with Crippen molar-refractivity contribution in [2.75, 3.05) is 26.3 Å². The van der Waals surface area contributed by atoms with Gasteiger partial charge in [0.1, 0.15) is 11.8 Å². The normalized spacial score (nSPS) is 15.4. The molecule has 0 saturated heterocycles. The van der Waals surface area contributed by atoms with Crippen molar-refractivity contribution in [1.29, 1.82) is 0 Å². The molecule has 1 aliphatic heterocycles. The molecular weight excluding hydrogens is 532 g/mol. The molecule has 2 unspecified atom stereocenters. The number of carbonyl (C=O) groups is 2. The van der Waals surface area contributed by atoms with Crippen molar-refractivity contribution in [1.82, 2.24) is 20.2 Å². The first-order valence-electron chi connectivity index (χ1n) is 13.3. The molecule has 10 heteroatoms. The first kappa shape index (κ1) is 27.5. The summed E-state index contributed by atoms with van der Waals surface area (Å²) in [5, 5.41) is 14.7. The minimum absolute atomic E-state index is 0.111. The zero-order valence-corrected chi connectivity index (χ0v) is 22.9. The molecule has 2 atom stereocenters. The van der Waals surface area contributed by atoms with E-state index in [1.165, 1.54) is 6.20 Å². The highest BCUT2D eigenvalue weighted by atomic mass is 35.5. The molecule has 3 N–H and O–H groups in total. The highest BCUT2D eigenvalue weighted by Gasteiger charge is 2.35. The molecule has 0 spiro atoms. The van der Waals surface area contributed by atoms with Crippen LogP contribution < -0.4 is 10.1 Å². The number of H-pyrrole nitrogens is 1. The minimum atomic E-state index is -0.755. The summed E-state index contributed by atoms with van der Waals surface area (Å²) in [7, 11) is 0. The molecule has 0 radical (unpaired) electrons. The number of ether oxygens (including phenoxy) is 2. The highest BCUT2D eigenvalue weighted by molar-refractivity contribution is 6.31. The lowest BCUT2D eigenvalue weighted by atomic mass is 9.92. The molecule has 3 heterocycles. The first-order valence-corrected chi connectivity index (χ1v) is 13.6. The van der Waals surface area contributed by atoms with Crippen LogP contribution in [0.1, 0.15) is 46.6 Å². The molecular formula is C30H31ClN4O5. The SMILES string of the molecule is CCOC(=O)N1CCc2c([nH]c3ccc(Cl)cc23)C1c1ccc(OCCC(O)CNC(=O)c2cccnc2)cc1. The summed E-state index contributed by atoms with van der Waals surface area (Å²) >= 11 is 6.28. The Hall–Kier alpha value is -4.08. The molecule has 0 fully saturated rings. The van der Waals surface area contributed by atoms with Gasteiger partial charge in [0.25, 0.3) is 5.91 Å². The first-order chi connectivity index (χ1) is 19.4. The lowest BCUT2D eigenvalue weighted by Crippen LogP contribution is -2.40. The number of amides is 2. The molecule has 40 heavy (non-hydrogen) atoms. The van der Waals surface area contributed by atoms with E-state index in [0.717, 1.165) is 27.7 Å². The third-order valence-electron chi connectivity index (χ3n) is 6.93. The molecule has 2 aromatic carbocycles. The number of benzene rings is 2. The Labute approximate surface area is 237 Å². The number of pyridine rings is 1. The maximum Gasteiger partial charge on any atom is 0.410 e. The van der Waals surface area contributed by atoms with Gasteiger partial charge >= 0.3 is 6.09 Å². The number of hydrogen-bond acceptors (Lipinski definition) is 6. The Balaban J connectivity index is 1.24. The molecule has 9 nitrogen and oxygen atoms in total. The van der Waals surface area contributed by atoms with Crippen molar-refractivity contribution >= 4 is 34.5 Å². The average Bonchev–Trinajstić information content (AvgIpc) is 3.34. The van der Waals surface area contributed by atoms with Crippen LogP contribution in [0.25, 0.3) is 10.9 Å². The van der Waals surface area contributed by atoms with Crippen molar-refractivity contribution in [2.24, 2.45) is 0 Å². The van der Waals surface area contributed by atoms with Crippen molar-refractivity contribution in [2.45, 2.75) is 31.9 Å². The van der Waals surface area contributed by atoms with Gasteiger partial charge in [-0.1, -0.05) is 23.7 Å². The number of rotatable bonds is 9. The van der Waals surface area contributed by atoms with E-state index in [1.807, 2.05) is 42.5 Å². The number of nitrogens with one attached hydrogen (secondary N) is 2. The standard InChI is InChI=1S/C30H31ClN4O5/c1-2-39-30(38)35-14-11-24-25-16-21(31)7-10-26(25)34-27(24)28(35)19-5-8-23(9-6-19)40-15-12-22(36)18-33-29(37)20-4-3-13-32-17-20/h3-10,13,16-17,22,28,34,36H,2,11-12,14-15,18H2,1H3,(H,33,37). The van der Waals surface area contributed by atoms with E-state index in [4.69, 9.17) is 21.1 Å². The number of aliphatic hydroxyl groups is 1. The van der Waals surface area contributed by atoms with Crippen molar-refractivity contribution in [3.05, 3.63) is 94.4 Å². The van der Waals surface area contributed by atoms with Crippen LogP contribution in [-0.2, 0) is 11.2 Å². The number of halogens is 1. The Morgan fingerprint density at radius 1 is 1.23 bits per heavy atom. The molecule has 0 bridgehead atoms. The van der Waals surface area contributed by atoms with Gasteiger partial charge in [0.2, 0.25) is 0 Å². The number of hydrogen-bond donors (Lipinski definition) is 3. The second-order valence-corrected chi connectivity index (χ2v) is 10.0. The molecule has 1 aliphatic rings. The van der Waals surface area contributed by atoms with E-state index >= 15 is 0 Å². The van der Waals surface area contributed by atoms with Crippen LogP contribution >= 0.6 is 11.6 Å². The molecule has 4 aromatic rings. The van der Waals surface area contributed by atoms with Crippen LogP contribution in [0.4, 0.5) is 4.79 Å². The second-order valence-electron chi connectivity index (χ2n) is 9.56. The summed E-state index contributed by atoms with van der Waals surface area (Å²) < 4.78 is 11.2. The van der Waals surface area contributed by atoms with E-state index in [0.29, 0.717) is 42.3 Å². The summed E-state index contributed by atoms with van der Waals surface area (Å²) in [6.45, 7) is 2.99. The average molecular weight is 563 g/mol. The second kappa shape index (κ2) is 12.4. The summed E-state index contributed by atoms with van der Waals surface area (Å²) in [6.07, 6.45) is 2.99. The van der Waals surface area contributed by atoms with E-state index < -0.39 is 6.10 Å². The largest absolute Gasteiger partial charge is 0.493 e. The fraction of sp³-hybridized carbons (Fsp3) is 0.300. The van der Waals surface area contributed by atoms with Crippen molar-refractivity contribution in [3.63, 3.8) is 0 Å². The Morgan fingerprint density at radius 3 is 2.80 bits per heavy atom. The minimum Gasteiger partial charge on any atom is -0.493 e. The Morgan fingerprint density at radius 2 is 2.05 bits per heavy atom. The summed E-state index contributed by atoms with van der Waals surface area (Å²) in [6, 6.07) is 16.3. The quantitative estimate of drug-likeness (QED) is 0.268. The van der Waals surface area contributed by atoms with Gasteiger partial charge in [0.05, 0.1) is 24.9 Å². The highest BCUT2D eigenvalue weighted by Crippen LogP contribution is 2.39. The van der Waals surface area contributed by atoms with Gasteiger partial charge in [0.15, 0.2) is 0 Å². The zero-order chi connectivity index (χ0) is 28.1. The fourth-order valence-corrected chi connectivity index (χ4v) is 5.15. The van der Waals surface area contributed by atoms with E-state index in [2.05, 4.69) is 15.3 Å². The van der Waals surface area contributed by atoms with Gasteiger partial charge in [-0.3, -0.25) is 14.7 Å². The van der Waals surface area contributed by atoms with Gasteiger partial charge in [-0.25, -0.2) is 4.79 Å². The lowest BCUT2D eigenvalue weighted by Gasteiger charge is -2.35.